The van der Waals surface area contributed by atoms with Gasteiger partial charge in [-0.25, -0.2) is 0 Å². The van der Waals surface area contributed by atoms with Gasteiger partial charge in [0.1, 0.15) is 6.61 Å². The molecule has 0 rings (SSSR count). The summed E-state index contributed by atoms with van der Waals surface area (Å²) < 4.78 is 10.7. The molecule has 1 unspecified atom stereocenters. The van der Waals surface area contributed by atoms with Crippen molar-refractivity contribution in [3.63, 3.8) is 0 Å². The van der Waals surface area contributed by atoms with E-state index in [-0.39, 0.29) is 25.2 Å². The molecule has 0 amide bonds. The molecule has 0 aliphatic heterocycles. The molecule has 5 heteroatoms. The molecular formula is C63H102O5. The summed E-state index contributed by atoms with van der Waals surface area (Å²) in [6, 6.07) is 0. The number of aliphatic hydroxyl groups is 1. The Morgan fingerprint density at radius 1 is 0.338 bits per heavy atom. The first-order valence-corrected chi connectivity index (χ1v) is 27.7. The lowest BCUT2D eigenvalue weighted by Crippen LogP contribution is -2.28. The van der Waals surface area contributed by atoms with E-state index in [9.17, 15) is 14.7 Å². The molecule has 5 nitrogen and oxygen atoms in total. The second-order valence-corrected chi connectivity index (χ2v) is 17.9. The van der Waals surface area contributed by atoms with Crippen LogP contribution in [0.25, 0.3) is 0 Å². The predicted octanol–water partition coefficient (Wildman–Crippen LogP) is 18.9. The summed E-state index contributed by atoms with van der Waals surface area (Å²) in [6.07, 6.45) is 85.6. The molecule has 384 valence electrons. The maximum absolute atomic E-state index is 12.3. The van der Waals surface area contributed by atoms with Gasteiger partial charge in [0.05, 0.1) is 6.61 Å². The first-order chi connectivity index (χ1) is 33.6. The standard InChI is InChI=1S/C63H102O5/c1-3-5-7-9-11-13-15-17-19-21-23-25-27-29-30-31-32-34-35-37-39-41-43-45-47-49-51-53-55-57-62(65)67-60-61(59-64)68-63(66)58-56-54-52-50-48-46-44-42-40-38-36-33-28-26-24-22-20-18-16-14-12-10-8-6-4-2/h5-8,11-14,17-20,23-26,33,36,40,42,46,48,61,64H,3-4,9-10,15-16,21-22,27-32,34-35,37-39,41,43-45,47,49-60H2,1-2H3/b7-5-,8-6-,13-11-,14-12-,19-17-,20-18-,25-23-,26-24-,36-33-,42-40-,48-46-. The van der Waals surface area contributed by atoms with E-state index < -0.39 is 6.10 Å². The summed E-state index contributed by atoms with van der Waals surface area (Å²) in [6.45, 7) is 3.89. The lowest BCUT2D eigenvalue weighted by Gasteiger charge is -2.15. The molecular weight excluding hydrogens is 837 g/mol. The van der Waals surface area contributed by atoms with E-state index >= 15 is 0 Å². The highest BCUT2D eigenvalue weighted by atomic mass is 16.6. The molecule has 0 aromatic heterocycles. The quantitative estimate of drug-likeness (QED) is 0.0374. The van der Waals surface area contributed by atoms with E-state index in [4.69, 9.17) is 9.47 Å². The number of unbranched alkanes of at least 4 members (excludes halogenated alkanes) is 19. The lowest BCUT2D eigenvalue weighted by atomic mass is 10.0. The Morgan fingerprint density at radius 2 is 0.588 bits per heavy atom. The van der Waals surface area contributed by atoms with Crippen LogP contribution in [0, 0.1) is 0 Å². The summed E-state index contributed by atoms with van der Waals surface area (Å²) in [5.74, 6) is -0.634. The molecule has 0 bridgehead atoms. The second kappa shape index (κ2) is 57.4. The zero-order valence-corrected chi connectivity index (χ0v) is 43.8. The maximum atomic E-state index is 12.3. The Kier molecular flexibility index (Phi) is 54.0. The van der Waals surface area contributed by atoms with Crippen molar-refractivity contribution in [3.8, 4) is 0 Å². The summed E-state index contributed by atoms with van der Waals surface area (Å²) in [4.78, 5) is 24.5. The number of rotatable bonds is 49. The summed E-state index contributed by atoms with van der Waals surface area (Å²) in [5.41, 5.74) is 0. The number of esters is 2. The Morgan fingerprint density at radius 3 is 0.897 bits per heavy atom. The average Bonchev–Trinajstić information content (AvgIpc) is 3.34. The molecule has 1 N–H and O–H groups in total. The maximum Gasteiger partial charge on any atom is 0.306 e. The molecule has 0 aromatic carbocycles. The number of ether oxygens (including phenoxy) is 2. The summed E-state index contributed by atoms with van der Waals surface area (Å²) in [7, 11) is 0. The molecule has 0 saturated heterocycles. The third kappa shape index (κ3) is 54.6. The van der Waals surface area contributed by atoms with E-state index in [1.54, 1.807) is 0 Å². The highest BCUT2D eigenvalue weighted by molar-refractivity contribution is 5.70. The van der Waals surface area contributed by atoms with Crippen molar-refractivity contribution in [2.75, 3.05) is 13.2 Å². The molecule has 0 aromatic rings. The Hall–Kier alpha value is -3.96. The number of hydrogen-bond donors (Lipinski definition) is 1. The van der Waals surface area contributed by atoms with Gasteiger partial charge in [-0.15, -0.1) is 0 Å². The van der Waals surface area contributed by atoms with Crippen molar-refractivity contribution in [2.45, 2.75) is 238 Å². The van der Waals surface area contributed by atoms with E-state index in [1.807, 2.05) is 0 Å². The molecule has 0 heterocycles. The molecule has 0 fully saturated rings. The van der Waals surface area contributed by atoms with Crippen LogP contribution in [0.1, 0.15) is 232 Å². The largest absolute Gasteiger partial charge is 0.462 e. The molecule has 0 radical (unpaired) electrons. The Bertz CT molecular complexity index is 1430. The number of carbonyl (C=O) groups is 2. The normalized spacial score (nSPS) is 13.3. The van der Waals surface area contributed by atoms with Gasteiger partial charge in [-0.3, -0.25) is 9.59 Å². The highest BCUT2D eigenvalue weighted by Gasteiger charge is 2.16. The first kappa shape index (κ1) is 64.0. The van der Waals surface area contributed by atoms with E-state index in [0.29, 0.717) is 12.8 Å². The van der Waals surface area contributed by atoms with Crippen molar-refractivity contribution in [2.24, 2.45) is 0 Å². The monoisotopic (exact) mass is 939 g/mol. The second-order valence-electron chi connectivity index (χ2n) is 17.9. The van der Waals surface area contributed by atoms with Crippen LogP contribution in [0.15, 0.2) is 134 Å². The molecule has 68 heavy (non-hydrogen) atoms. The van der Waals surface area contributed by atoms with E-state index in [1.165, 1.54) is 89.9 Å². The van der Waals surface area contributed by atoms with E-state index in [2.05, 4.69) is 148 Å². The molecule has 0 spiro atoms. The predicted molar refractivity (Wildman–Crippen MR) is 297 cm³/mol. The van der Waals surface area contributed by atoms with Crippen LogP contribution in [-0.2, 0) is 19.1 Å². The van der Waals surface area contributed by atoms with Crippen LogP contribution in [-0.4, -0.2) is 36.4 Å². The summed E-state index contributed by atoms with van der Waals surface area (Å²) >= 11 is 0. The van der Waals surface area contributed by atoms with Crippen LogP contribution in [0.4, 0.5) is 0 Å². The van der Waals surface area contributed by atoms with Crippen LogP contribution in [0.5, 0.6) is 0 Å². The zero-order chi connectivity index (χ0) is 49.2. The molecule has 0 aliphatic carbocycles. The van der Waals surface area contributed by atoms with Crippen molar-refractivity contribution < 1.29 is 24.2 Å². The van der Waals surface area contributed by atoms with Gasteiger partial charge in [-0.2, -0.15) is 0 Å². The first-order valence-electron chi connectivity index (χ1n) is 27.7. The number of hydrogen-bond acceptors (Lipinski definition) is 5. The van der Waals surface area contributed by atoms with Gasteiger partial charge in [0.15, 0.2) is 6.10 Å². The van der Waals surface area contributed by atoms with E-state index in [0.717, 1.165) is 116 Å². The van der Waals surface area contributed by atoms with Gasteiger partial charge in [0.2, 0.25) is 0 Å². The van der Waals surface area contributed by atoms with Crippen LogP contribution in [0.3, 0.4) is 0 Å². The SMILES string of the molecule is CC/C=C\C/C=C\C/C=C\C/C=C\C/C=C\C/C=C\C/C=C\CCCCCC(=O)OC(CO)COC(=O)CCCCCCCCCCCCCCCCCC/C=C\C/C=C\C/C=C\C/C=C\CC. The fourth-order valence-electron chi connectivity index (χ4n) is 7.35. The van der Waals surface area contributed by atoms with Gasteiger partial charge in [0.25, 0.3) is 0 Å². The van der Waals surface area contributed by atoms with Crippen LogP contribution < -0.4 is 0 Å². The smallest absolute Gasteiger partial charge is 0.306 e. The number of carbonyl (C=O) groups excluding carboxylic acids is 2. The van der Waals surface area contributed by atoms with Gasteiger partial charge in [-0.1, -0.05) is 244 Å². The van der Waals surface area contributed by atoms with Crippen molar-refractivity contribution >= 4 is 11.9 Å². The lowest BCUT2D eigenvalue weighted by molar-refractivity contribution is -0.161. The van der Waals surface area contributed by atoms with Crippen molar-refractivity contribution in [1.29, 1.82) is 0 Å². The van der Waals surface area contributed by atoms with Crippen LogP contribution >= 0.6 is 0 Å². The molecule has 0 aliphatic rings. The minimum absolute atomic E-state index is 0.0869. The van der Waals surface area contributed by atoms with Crippen LogP contribution in [0.2, 0.25) is 0 Å². The van der Waals surface area contributed by atoms with Gasteiger partial charge in [-0.05, 0) is 109 Å². The fraction of sp³-hybridized carbons (Fsp3) is 0.619. The topological polar surface area (TPSA) is 72.8 Å². The molecule has 1 atom stereocenters. The van der Waals surface area contributed by atoms with Gasteiger partial charge < -0.3 is 14.6 Å². The Labute approximate surface area is 419 Å². The van der Waals surface area contributed by atoms with Crippen molar-refractivity contribution in [1.82, 2.24) is 0 Å². The highest BCUT2D eigenvalue weighted by Crippen LogP contribution is 2.15. The Balaban J connectivity index is 3.58. The molecule has 0 saturated carbocycles. The minimum Gasteiger partial charge on any atom is -0.462 e. The zero-order valence-electron chi connectivity index (χ0n) is 43.8. The third-order valence-electron chi connectivity index (χ3n) is 11.4. The third-order valence-corrected chi connectivity index (χ3v) is 11.4. The summed E-state index contributed by atoms with van der Waals surface area (Å²) in [5, 5.41) is 9.65. The fourth-order valence-corrected chi connectivity index (χ4v) is 7.35. The van der Waals surface area contributed by atoms with Gasteiger partial charge >= 0.3 is 11.9 Å². The number of aliphatic hydroxyl groups excluding tert-OH is 1. The number of allylic oxidation sites excluding steroid dienone is 22. The van der Waals surface area contributed by atoms with Gasteiger partial charge in [0, 0.05) is 12.8 Å². The average molecular weight is 940 g/mol. The van der Waals surface area contributed by atoms with Crippen molar-refractivity contribution in [3.05, 3.63) is 134 Å². The minimum atomic E-state index is -0.800.